The maximum atomic E-state index is 13.2. The molecular formula is C29H36O8. The third-order valence-corrected chi connectivity index (χ3v) is 8.88. The lowest BCUT2D eigenvalue weighted by Crippen LogP contribution is -2.59. The molecule has 0 N–H and O–H groups in total. The summed E-state index contributed by atoms with van der Waals surface area (Å²) in [7, 11) is 0. The van der Waals surface area contributed by atoms with Crippen molar-refractivity contribution in [3.63, 3.8) is 0 Å². The molecule has 200 valence electrons. The van der Waals surface area contributed by atoms with Crippen LogP contribution in [0.25, 0.3) is 0 Å². The van der Waals surface area contributed by atoms with Crippen LogP contribution < -0.4 is 0 Å². The van der Waals surface area contributed by atoms with Gasteiger partial charge in [0.05, 0.1) is 6.26 Å². The van der Waals surface area contributed by atoms with E-state index in [9.17, 15) is 19.2 Å². The van der Waals surface area contributed by atoms with Crippen molar-refractivity contribution in [3.05, 3.63) is 47.5 Å². The van der Waals surface area contributed by atoms with E-state index in [1.165, 1.54) is 26.2 Å². The summed E-state index contributed by atoms with van der Waals surface area (Å²) in [6.45, 7) is 15.0. The lowest BCUT2D eigenvalue weighted by molar-refractivity contribution is -0.181. The van der Waals surface area contributed by atoms with Crippen LogP contribution in [0.4, 0.5) is 0 Å². The number of carbonyl (C=O) groups excluding carboxylic acids is 4. The van der Waals surface area contributed by atoms with E-state index in [-0.39, 0.29) is 23.9 Å². The Kier molecular flexibility index (Phi) is 6.99. The van der Waals surface area contributed by atoms with Gasteiger partial charge < -0.3 is 18.6 Å². The molecule has 8 heteroatoms. The Bertz CT molecular complexity index is 1160. The van der Waals surface area contributed by atoms with E-state index in [4.69, 9.17) is 18.6 Å². The molecular weight excluding hydrogens is 476 g/mol. The van der Waals surface area contributed by atoms with Crippen molar-refractivity contribution >= 4 is 23.7 Å². The summed E-state index contributed by atoms with van der Waals surface area (Å²) >= 11 is 0. The fourth-order valence-electron chi connectivity index (χ4n) is 6.87. The molecule has 6 atom stereocenters. The zero-order chi connectivity index (χ0) is 27.3. The molecule has 0 amide bonds. The summed E-state index contributed by atoms with van der Waals surface area (Å²) in [4.78, 5) is 50.7. The van der Waals surface area contributed by atoms with E-state index in [1.54, 1.807) is 6.07 Å². The summed E-state index contributed by atoms with van der Waals surface area (Å²) in [5.74, 6) is -2.30. The highest BCUT2D eigenvalue weighted by Crippen LogP contribution is 2.60. The van der Waals surface area contributed by atoms with Gasteiger partial charge in [0.1, 0.15) is 18.3 Å². The molecule has 2 unspecified atom stereocenters. The predicted molar refractivity (Wildman–Crippen MR) is 133 cm³/mol. The van der Waals surface area contributed by atoms with Gasteiger partial charge in [0.2, 0.25) is 5.76 Å². The van der Waals surface area contributed by atoms with Crippen LogP contribution in [0.2, 0.25) is 0 Å². The van der Waals surface area contributed by atoms with Gasteiger partial charge in [-0.25, -0.2) is 4.79 Å². The molecule has 0 saturated heterocycles. The van der Waals surface area contributed by atoms with Crippen molar-refractivity contribution < 1.29 is 37.8 Å². The van der Waals surface area contributed by atoms with E-state index in [2.05, 4.69) is 6.58 Å². The van der Waals surface area contributed by atoms with Gasteiger partial charge in [-0.1, -0.05) is 32.9 Å². The van der Waals surface area contributed by atoms with E-state index >= 15 is 0 Å². The van der Waals surface area contributed by atoms with Crippen molar-refractivity contribution in [3.8, 4) is 0 Å². The van der Waals surface area contributed by atoms with Gasteiger partial charge in [0.25, 0.3) is 0 Å². The first-order chi connectivity index (χ1) is 17.3. The summed E-state index contributed by atoms with van der Waals surface area (Å²) in [6.07, 6.45) is 0.991. The molecule has 1 aromatic heterocycles. The van der Waals surface area contributed by atoms with E-state index in [1.807, 2.05) is 27.7 Å². The molecule has 3 aliphatic rings. The Morgan fingerprint density at radius 2 is 1.73 bits per heavy atom. The highest BCUT2D eigenvalue weighted by molar-refractivity contribution is 5.97. The van der Waals surface area contributed by atoms with Crippen LogP contribution in [0.3, 0.4) is 0 Å². The molecule has 4 rings (SSSR count). The monoisotopic (exact) mass is 512 g/mol. The van der Waals surface area contributed by atoms with Crippen molar-refractivity contribution in [2.45, 2.75) is 85.5 Å². The number of ether oxygens (including phenoxy) is 3. The zero-order valence-corrected chi connectivity index (χ0v) is 22.4. The zero-order valence-electron chi connectivity index (χ0n) is 22.4. The fourth-order valence-corrected chi connectivity index (χ4v) is 6.87. The van der Waals surface area contributed by atoms with Crippen LogP contribution in [-0.4, -0.2) is 42.0 Å². The van der Waals surface area contributed by atoms with Gasteiger partial charge in [-0.15, -0.1) is 0 Å². The van der Waals surface area contributed by atoms with Gasteiger partial charge in [-0.3, -0.25) is 14.4 Å². The Morgan fingerprint density at radius 3 is 2.32 bits per heavy atom. The van der Waals surface area contributed by atoms with Crippen molar-refractivity contribution in [1.82, 2.24) is 0 Å². The van der Waals surface area contributed by atoms with Gasteiger partial charge >= 0.3 is 17.9 Å². The molecule has 2 saturated carbocycles. The number of rotatable bonds is 4. The number of hydrogen-bond donors (Lipinski definition) is 0. The first kappa shape index (κ1) is 26.9. The van der Waals surface area contributed by atoms with Crippen molar-refractivity contribution in [2.24, 2.45) is 22.7 Å². The van der Waals surface area contributed by atoms with E-state index < -0.39 is 53.0 Å². The first-order valence-electron chi connectivity index (χ1n) is 12.8. The molecule has 2 fully saturated rings. The number of allylic oxidation sites excluding steroid dienone is 1. The highest BCUT2D eigenvalue weighted by atomic mass is 16.6. The Balaban J connectivity index is 1.84. The van der Waals surface area contributed by atoms with Crippen LogP contribution in [0.15, 0.2) is 46.1 Å². The van der Waals surface area contributed by atoms with Crippen LogP contribution in [0, 0.1) is 22.7 Å². The molecule has 0 spiro atoms. The quantitative estimate of drug-likeness (QED) is 0.316. The van der Waals surface area contributed by atoms with Gasteiger partial charge in [-0.2, -0.15) is 0 Å². The molecule has 1 heterocycles. The predicted octanol–water partition coefficient (Wildman–Crippen LogP) is 4.98. The maximum Gasteiger partial charge on any atom is 0.374 e. The van der Waals surface area contributed by atoms with Crippen molar-refractivity contribution in [1.29, 1.82) is 0 Å². The lowest BCUT2D eigenvalue weighted by atomic mass is 9.50. The minimum absolute atomic E-state index is 0.0103. The summed E-state index contributed by atoms with van der Waals surface area (Å²) in [5.41, 5.74) is 0.985. The van der Waals surface area contributed by atoms with Gasteiger partial charge in [0.15, 0.2) is 5.78 Å². The second kappa shape index (κ2) is 9.62. The van der Waals surface area contributed by atoms with Crippen LogP contribution >= 0.6 is 0 Å². The normalized spacial score (nSPS) is 33.1. The van der Waals surface area contributed by atoms with Crippen LogP contribution in [0.1, 0.15) is 77.8 Å². The molecule has 0 radical (unpaired) electrons. The molecule has 0 aliphatic heterocycles. The molecule has 37 heavy (non-hydrogen) atoms. The number of ketones is 1. The van der Waals surface area contributed by atoms with Crippen LogP contribution in [-0.2, 0) is 28.6 Å². The smallest absolute Gasteiger partial charge is 0.374 e. The van der Waals surface area contributed by atoms with Crippen LogP contribution in [0.5, 0.6) is 0 Å². The molecule has 8 nitrogen and oxygen atoms in total. The highest BCUT2D eigenvalue weighted by Gasteiger charge is 2.60. The van der Waals surface area contributed by atoms with Crippen molar-refractivity contribution in [2.75, 3.05) is 0 Å². The minimum atomic E-state index is -0.736. The Labute approximate surface area is 217 Å². The van der Waals surface area contributed by atoms with E-state index in [0.29, 0.717) is 30.4 Å². The average Bonchev–Trinajstić information content (AvgIpc) is 3.34. The number of fused-ring (bicyclic) bond motifs is 3. The lowest BCUT2D eigenvalue weighted by Gasteiger charge is -2.57. The van der Waals surface area contributed by atoms with E-state index in [0.717, 1.165) is 5.57 Å². The summed E-state index contributed by atoms with van der Waals surface area (Å²) in [6, 6.07) is 3.13. The summed E-state index contributed by atoms with van der Waals surface area (Å²) in [5, 5.41) is 0. The number of esters is 3. The summed E-state index contributed by atoms with van der Waals surface area (Å²) < 4.78 is 23.0. The second-order valence-corrected chi connectivity index (χ2v) is 11.4. The Hall–Kier alpha value is -3.16. The third-order valence-electron chi connectivity index (χ3n) is 8.88. The number of carbonyl (C=O) groups is 4. The molecule has 2 bridgehead atoms. The number of Topliss-reactive ketones (excluding diaryl/α,β-unsaturated/α-hetero) is 1. The maximum absolute atomic E-state index is 13.2. The van der Waals surface area contributed by atoms with Gasteiger partial charge in [0, 0.05) is 43.9 Å². The number of furan rings is 1. The largest absolute Gasteiger partial charge is 0.462 e. The van der Waals surface area contributed by atoms with Gasteiger partial charge in [-0.05, 0) is 48.5 Å². The average molecular weight is 513 g/mol. The number of hydrogen-bond acceptors (Lipinski definition) is 8. The fraction of sp³-hybridized carbons (Fsp3) is 0.586. The topological polar surface area (TPSA) is 109 Å². The Morgan fingerprint density at radius 1 is 1.05 bits per heavy atom. The second-order valence-electron chi connectivity index (χ2n) is 11.4. The SMILES string of the molecule is C=C1C2[C@H](OC(C)=O)C3CC(=O)C(C)=C(C[C@@H](OC(C)=O)[C@]2(C)CC[C@@H]1OC(=O)c1ccco1)C3(C)C. The third kappa shape index (κ3) is 4.66. The minimum Gasteiger partial charge on any atom is -0.462 e. The molecule has 1 aromatic rings. The first-order valence-corrected chi connectivity index (χ1v) is 12.8. The standard InChI is InChI=1S/C29H36O8/c1-15-19-14-24(35-17(3)30)29(7)11-10-22(37-27(33)23-9-8-12-34-23)16(2)25(29)26(36-18(4)31)20(13-21(15)32)28(19,5)6/h8-9,12,20,22,24-26H,2,10-11,13-14H2,1,3-7H3/t20?,22-,24+,25?,26+,29-/m0/s1. The molecule has 0 aromatic carbocycles. The molecule has 3 aliphatic carbocycles.